The van der Waals surface area contributed by atoms with Gasteiger partial charge in [0.05, 0.1) is 31.6 Å². The predicted octanol–water partition coefficient (Wildman–Crippen LogP) is 1.23. The molecule has 1 unspecified atom stereocenters. The standard InChI is InChI=1S/C16H22BrN3O5S/c17-12-1-2-15-13(11-12)14(3-7-25-15)19-16(21)18-4-10-26(22,23)20-5-8-24-9-6-20/h1-2,11,14H,3-10H2,(H2,18,19,21). The molecule has 1 aromatic carbocycles. The summed E-state index contributed by atoms with van der Waals surface area (Å²) in [5.41, 5.74) is 0.904. The highest BCUT2D eigenvalue weighted by molar-refractivity contribution is 9.10. The second-order valence-corrected chi connectivity index (χ2v) is 9.10. The van der Waals surface area contributed by atoms with E-state index in [-0.39, 0.29) is 24.4 Å². The minimum absolute atomic E-state index is 0.0556. The number of halogens is 1. The third-order valence-corrected chi connectivity index (χ3v) is 6.69. The fourth-order valence-corrected chi connectivity index (χ4v) is 4.67. The van der Waals surface area contributed by atoms with Gasteiger partial charge in [-0.25, -0.2) is 13.2 Å². The molecule has 1 atom stereocenters. The predicted molar refractivity (Wildman–Crippen MR) is 99.7 cm³/mol. The molecular formula is C16H22BrN3O5S. The van der Waals surface area contributed by atoms with Gasteiger partial charge in [0.25, 0.3) is 0 Å². The molecule has 1 aromatic rings. The van der Waals surface area contributed by atoms with E-state index < -0.39 is 10.0 Å². The minimum atomic E-state index is -3.38. The molecule has 0 bridgehead atoms. The topological polar surface area (TPSA) is 97.0 Å². The van der Waals surface area contributed by atoms with Crippen LogP contribution in [0.5, 0.6) is 5.75 Å². The fourth-order valence-electron chi connectivity index (χ4n) is 2.97. The number of hydrogen-bond donors (Lipinski definition) is 2. The molecule has 2 amide bonds. The number of nitrogens with one attached hydrogen (secondary N) is 2. The minimum Gasteiger partial charge on any atom is -0.493 e. The SMILES string of the molecule is O=C(NCCS(=O)(=O)N1CCOCC1)NC1CCOc2ccc(Br)cc21. The second-order valence-electron chi connectivity index (χ2n) is 6.10. The molecule has 8 nitrogen and oxygen atoms in total. The number of sulfonamides is 1. The summed E-state index contributed by atoms with van der Waals surface area (Å²) < 4.78 is 37.5. The molecule has 1 saturated heterocycles. The normalized spacial score (nSPS) is 20.7. The number of carbonyl (C=O) groups is 1. The van der Waals surface area contributed by atoms with Gasteiger partial charge in [0.2, 0.25) is 10.0 Å². The first-order chi connectivity index (χ1) is 12.5. The number of benzene rings is 1. The van der Waals surface area contributed by atoms with Crippen LogP contribution < -0.4 is 15.4 Å². The van der Waals surface area contributed by atoms with Crippen molar-refractivity contribution in [2.75, 3.05) is 45.2 Å². The van der Waals surface area contributed by atoms with E-state index in [9.17, 15) is 13.2 Å². The Labute approximate surface area is 161 Å². The largest absolute Gasteiger partial charge is 0.493 e. The molecular weight excluding hydrogens is 426 g/mol. The van der Waals surface area contributed by atoms with Gasteiger partial charge in [0, 0.05) is 36.1 Å². The van der Waals surface area contributed by atoms with Gasteiger partial charge < -0.3 is 20.1 Å². The first kappa shape index (κ1) is 19.4. The van der Waals surface area contributed by atoms with Gasteiger partial charge in [-0.3, -0.25) is 0 Å². The lowest BCUT2D eigenvalue weighted by molar-refractivity contribution is 0.0730. The monoisotopic (exact) mass is 447 g/mol. The Morgan fingerprint density at radius 3 is 2.81 bits per heavy atom. The summed E-state index contributed by atoms with van der Waals surface area (Å²) in [6.45, 7) is 2.12. The Bertz CT molecular complexity index is 752. The van der Waals surface area contributed by atoms with Crippen LogP contribution in [-0.4, -0.2) is 64.0 Å². The Balaban J connectivity index is 1.50. The summed E-state index contributed by atoms with van der Waals surface area (Å²) in [4.78, 5) is 12.2. The molecule has 2 aliphatic rings. The summed E-state index contributed by atoms with van der Waals surface area (Å²) in [6.07, 6.45) is 0.656. The van der Waals surface area contributed by atoms with Crippen molar-refractivity contribution in [1.29, 1.82) is 0 Å². The molecule has 0 saturated carbocycles. The summed E-state index contributed by atoms with van der Waals surface area (Å²) in [7, 11) is -3.38. The molecule has 26 heavy (non-hydrogen) atoms. The number of carbonyl (C=O) groups excluding carboxylic acids is 1. The van der Waals surface area contributed by atoms with Gasteiger partial charge in [-0.15, -0.1) is 0 Å². The van der Waals surface area contributed by atoms with Crippen LogP contribution in [0.3, 0.4) is 0 Å². The summed E-state index contributed by atoms with van der Waals surface area (Å²) in [5.74, 6) is 0.621. The fraction of sp³-hybridized carbons (Fsp3) is 0.562. The van der Waals surface area contributed by atoms with Crippen LogP contribution in [0.1, 0.15) is 18.0 Å². The van der Waals surface area contributed by atoms with Gasteiger partial charge in [-0.05, 0) is 18.2 Å². The molecule has 1 fully saturated rings. The number of morpholine rings is 1. The van der Waals surface area contributed by atoms with Crippen molar-refractivity contribution in [2.45, 2.75) is 12.5 Å². The van der Waals surface area contributed by atoms with E-state index in [4.69, 9.17) is 9.47 Å². The van der Waals surface area contributed by atoms with E-state index in [1.807, 2.05) is 18.2 Å². The zero-order valence-corrected chi connectivity index (χ0v) is 16.6. The van der Waals surface area contributed by atoms with Crippen LogP contribution in [0.4, 0.5) is 4.79 Å². The van der Waals surface area contributed by atoms with Crippen molar-refractivity contribution in [3.63, 3.8) is 0 Å². The van der Waals surface area contributed by atoms with Crippen molar-refractivity contribution in [2.24, 2.45) is 0 Å². The highest BCUT2D eigenvalue weighted by Crippen LogP contribution is 2.33. The van der Waals surface area contributed by atoms with Crippen LogP contribution in [0.15, 0.2) is 22.7 Å². The van der Waals surface area contributed by atoms with Gasteiger partial charge in [-0.1, -0.05) is 15.9 Å². The van der Waals surface area contributed by atoms with Crippen LogP contribution in [-0.2, 0) is 14.8 Å². The third kappa shape index (κ3) is 4.87. The zero-order valence-electron chi connectivity index (χ0n) is 14.2. The number of hydrogen-bond acceptors (Lipinski definition) is 5. The maximum atomic E-state index is 12.2. The average molecular weight is 448 g/mol. The Kier molecular flexibility index (Phi) is 6.38. The highest BCUT2D eigenvalue weighted by atomic mass is 79.9. The molecule has 10 heteroatoms. The first-order valence-electron chi connectivity index (χ1n) is 8.48. The number of amides is 2. The number of rotatable bonds is 5. The molecule has 2 N–H and O–H groups in total. The van der Waals surface area contributed by atoms with Gasteiger partial charge in [-0.2, -0.15) is 4.31 Å². The van der Waals surface area contributed by atoms with Crippen molar-refractivity contribution in [1.82, 2.24) is 14.9 Å². The number of ether oxygens (including phenoxy) is 2. The summed E-state index contributed by atoms with van der Waals surface area (Å²) in [5, 5.41) is 5.52. The van der Waals surface area contributed by atoms with Crippen LogP contribution in [0.25, 0.3) is 0 Å². The molecule has 2 aliphatic heterocycles. The maximum absolute atomic E-state index is 12.2. The zero-order chi connectivity index (χ0) is 18.6. The van der Waals surface area contributed by atoms with Gasteiger partial charge in [0.1, 0.15) is 5.75 Å². The first-order valence-corrected chi connectivity index (χ1v) is 10.9. The number of nitrogens with zero attached hydrogens (tertiary/aromatic N) is 1. The molecule has 0 aromatic heterocycles. The highest BCUT2D eigenvalue weighted by Gasteiger charge is 2.25. The molecule has 3 rings (SSSR count). The van der Waals surface area contributed by atoms with Crippen molar-refractivity contribution in [3.8, 4) is 5.75 Å². The number of fused-ring (bicyclic) bond motifs is 1. The maximum Gasteiger partial charge on any atom is 0.315 e. The van der Waals surface area contributed by atoms with Crippen LogP contribution in [0, 0.1) is 0 Å². The lowest BCUT2D eigenvalue weighted by Crippen LogP contribution is -2.45. The molecule has 2 heterocycles. The van der Waals surface area contributed by atoms with E-state index in [1.165, 1.54) is 4.31 Å². The van der Waals surface area contributed by atoms with E-state index >= 15 is 0 Å². The quantitative estimate of drug-likeness (QED) is 0.707. The Hall–Kier alpha value is -1.36. The lowest BCUT2D eigenvalue weighted by atomic mass is 10.0. The van der Waals surface area contributed by atoms with Crippen LogP contribution in [0.2, 0.25) is 0 Å². The van der Waals surface area contributed by atoms with Crippen LogP contribution >= 0.6 is 15.9 Å². The van der Waals surface area contributed by atoms with Crippen molar-refractivity contribution >= 4 is 32.0 Å². The summed E-state index contributed by atoms with van der Waals surface area (Å²) in [6, 6.07) is 5.10. The third-order valence-electron chi connectivity index (χ3n) is 4.33. The van der Waals surface area contributed by atoms with E-state index in [0.29, 0.717) is 39.3 Å². The van der Waals surface area contributed by atoms with Gasteiger partial charge in [0.15, 0.2) is 0 Å². The Morgan fingerprint density at radius 2 is 2.04 bits per heavy atom. The lowest BCUT2D eigenvalue weighted by Gasteiger charge is -2.27. The van der Waals surface area contributed by atoms with E-state index in [1.54, 1.807) is 0 Å². The van der Waals surface area contributed by atoms with E-state index in [0.717, 1.165) is 15.8 Å². The molecule has 0 spiro atoms. The second kappa shape index (κ2) is 8.55. The average Bonchev–Trinajstić information content (AvgIpc) is 2.63. The summed E-state index contributed by atoms with van der Waals surface area (Å²) >= 11 is 3.42. The smallest absolute Gasteiger partial charge is 0.315 e. The molecule has 0 aliphatic carbocycles. The van der Waals surface area contributed by atoms with Crippen molar-refractivity contribution in [3.05, 3.63) is 28.2 Å². The number of urea groups is 1. The van der Waals surface area contributed by atoms with Crippen molar-refractivity contribution < 1.29 is 22.7 Å². The Morgan fingerprint density at radius 1 is 1.27 bits per heavy atom. The molecule has 144 valence electrons. The van der Waals surface area contributed by atoms with Gasteiger partial charge >= 0.3 is 6.03 Å². The molecule has 0 radical (unpaired) electrons. The van der Waals surface area contributed by atoms with E-state index in [2.05, 4.69) is 26.6 Å².